The number of fused-ring (bicyclic) bond motifs is 1. The van der Waals surface area contributed by atoms with Gasteiger partial charge in [-0.2, -0.15) is 0 Å². The first-order valence-electron chi connectivity index (χ1n) is 11.0. The maximum absolute atomic E-state index is 11.5. The Morgan fingerprint density at radius 2 is 1.71 bits per heavy atom. The molecule has 0 saturated carbocycles. The van der Waals surface area contributed by atoms with Crippen molar-refractivity contribution in [3.63, 3.8) is 0 Å². The lowest BCUT2D eigenvalue weighted by atomic mass is 9.97. The Balaban J connectivity index is 1.49. The van der Waals surface area contributed by atoms with Gasteiger partial charge in [0.2, 0.25) is 16.8 Å². The van der Waals surface area contributed by atoms with Gasteiger partial charge in [0.15, 0.2) is 11.5 Å². The molecule has 0 radical (unpaired) electrons. The Kier molecular flexibility index (Phi) is 7.71. The van der Waals surface area contributed by atoms with Crippen molar-refractivity contribution in [3.8, 4) is 17.2 Å². The van der Waals surface area contributed by atoms with Crippen LogP contribution in [0.15, 0.2) is 60.7 Å². The van der Waals surface area contributed by atoms with Gasteiger partial charge in [0.05, 0.1) is 18.0 Å². The van der Waals surface area contributed by atoms with Crippen LogP contribution in [0.5, 0.6) is 17.2 Å². The molecule has 0 amide bonds. The van der Waals surface area contributed by atoms with Crippen molar-refractivity contribution in [2.24, 2.45) is 0 Å². The Hall–Kier alpha value is -2.98. The fourth-order valence-corrected chi connectivity index (χ4v) is 4.80. The number of aliphatic hydroxyl groups is 1. The van der Waals surface area contributed by atoms with Gasteiger partial charge >= 0.3 is 0 Å². The van der Waals surface area contributed by atoms with Crippen LogP contribution in [0.4, 0.5) is 5.69 Å². The average molecular weight is 519 g/mol. The number of aromatic hydroxyl groups is 1. The van der Waals surface area contributed by atoms with E-state index >= 15 is 0 Å². The zero-order valence-corrected chi connectivity index (χ0v) is 20.6. The van der Waals surface area contributed by atoms with Gasteiger partial charge in [-0.3, -0.25) is 4.72 Å². The molecule has 3 aromatic carbocycles. The molecule has 0 saturated heterocycles. The molecule has 35 heavy (non-hydrogen) atoms. The third kappa shape index (κ3) is 6.79. The summed E-state index contributed by atoms with van der Waals surface area (Å²) >= 11 is 6.58. The SMILES string of the molecule is CS(=O)(=O)Nc1cc(C[C@H](O)CNC(Cc2ccccc2)c2cc3c(cc2Cl)OCO3)ccc1O. The summed E-state index contributed by atoms with van der Waals surface area (Å²) in [5.74, 6) is 1.04. The van der Waals surface area contributed by atoms with E-state index in [1.165, 1.54) is 12.1 Å². The summed E-state index contributed by atoms with van der Waals surface area (Å²) in [6.45, 7) is 0.394. The zero-order chi connectivity index (χ0) is 25.0. The minimum absolute atomic E-state index is 0.0688. The third-order valence-corrected chi connectivity index (χ3v) is 6.50. The van der Waals surface area contributed by atoms with E-state index in [2.05, 4.69) is 10.0 Å². The van der Waals surface area contributed by atoms with E-state index in [0.717, 1.165) is 17.4 Å². The number of sulfonamides is 1. The molecule has 1 heterocycles. The maximum atomic E-state index is 11.5. The largest absolute Gasteiger partial charge is 0.506 e. The molecule has 1 aliphatic heterocycles. The summed E-state index contributed by atoms with van der Waals surface area (Å²) in [4.78, 5) is 0. The predicted octanol–water partition coefficient (Wildman–Crippen LogP) is 3.62. The Morgan fingerprint density at radius 1 is 1.00 bits per heavy atom. The van der Waals surface area contributed by atoms with Crippen LogP contribution in [0.1, 0.15) is 22.7 Å². The van der Waals surface area contributed by atoms with Crippen LogP contribution in [-0.2, 0) is 22.9 Å². The number of aliphatic hydroxyl groups excluding tert-OH is 1. The number of phenolic OH excluding ortho intramolecular Hbond substituents is 1. The molecule has 2 atom stereocenters. The van der Waals surface area contributed by atoms with E-state index in [9.17, 15) is 18.6 Å². The Morgan fingerprint density at radius 3 is 2.43 bits per heavy atom. The van der Waals surface area contributed by atoms with Gasteiger partial charge in [-0.05, 0) is 47.7 Å². The lowest BCUT2D eigenvalue weighted by Gasteiger charge is -2.23. The number of rotatable bonds is 10. The molecule has 1 unspecified atom stereocenters. The van der Waals surface area contributed by atoms with E-state index in [4.69, 9.17) is 21.1 Å². The van der Waals surface area contributed by atoms with E-state index in [1.54, 1.807) is 12.1 Å². The molecule has 4 rings (SSSR count). The molecule has 1 aliphatic rings. The highest BCUT2D eigenvalue weighted by molar-refractivity contribution is 7.92. The predicted molar refractivity (Wildman–Crippen MR) is 135 cm³/mol. The number of anilines is 1. The second-order valence-corrected chi connectivity index (χ2v) is 10.6. The van der Waals surface area contributed by atoms with Gasteiger partial charge in [-0.25, -0.2) is 8.42 Å². The molecule has 0 spiro atoms. The van der Waals surface area contributed by atoms with E-state index in [1.807, 2.05) is 36.4 Å². The fraction of sp³-hybridized carbons (Fsp3) is 0.280. The first kappa shape index (κ1) is 25.1. The van der Waals surface area contributed by atoms with Crippen LogP contribution >= 0.6 is 11.6 Å². The van der Waals surface area contributed by atoms with Crippen LogP contribution in [0.2, 0.25) is 5.02 Å². The van der Waals surface area contributed by atoms with Crippen LogP contribution in [0, 0.1) is 0 Å². The van der Waals surface area contributed by atoms with Gasteiger partial charge in [0.25, 0.3) is 0 Å². The summed E-state index contributed by atoms with van der Waals surface area (Å²) in [5, 5.41) is 24.6. The molecule has 10 heteroatoms. The van der Waals surface area contributed by atoms with Crippen molar-refractivity contribution < 1.29 is 28.1 Å². The minimum atomic E-state index is -3.55. The second-order valence-electron chi connectivity index (χ2n) is 8.46. The Labute approximate surface area is 209 Å². The normalized spacial score (nSPS) is 14.5. The highest BCUT2D eigenvalue weighted by Crippen LogP contribution is 2.39. The molecule has 0 fully saturated rings. The van der Waals surface area contributed by atoms with Gasteiger partial charge in [-0.15, -0.1) is 0 Å². The third-order valence-electron chi connectivity index (χ3n) is 5.58. The first-order chi connectivity index (χ1) is 16.7. The second kappa shape index (κ2) is 10.7. The van der Waals surface area contributed by atoms with Crippen LogP contribution < -0.4 is 19.5 Å². The summed E-state index contributed by atoms with van der Waals surface area (Å²) in [6.07, 6.45) is 1.11. The number of phenols is 1. The molecule has 0 aromatic heterocycles. The molecule has 3 aromatic rings. The summed E-state index contributed by atoms with van der Waals surface area (Å²) in [6, 6.07) is 17.9. The number of nitrogens with one attached hydrogen (secondary N) is 2. The topological polar surface area (TPSA) is 117 Å². The lowest BCUT2D eigenvalue weighted by molar-refractivity contribution is 0.167. The minimum Gasteiger partial charge on any atom is -0.506 e. The molecule has 8 nitrogen and oxygen atoms in total. The quantitative estimate of drug-likeness (QED) is 0.303. The number of hydrogen-bond donors (Lipinski definition) is 4. The van der Waals surface area contributed by atoms with Crippen LogP contribution in [-0.4, -0.2) is 44.3 Å². The Bertz CT molecular complexity index is 1290. The smallest absolute Gasteiger partial charge is 0.231 e. The lowest BCUT2D eigenvalue weighted by Crippen LogP contribution is -2.33. The number of ether oxygens (including phenoxy) is 2. The van der Waals surface area contributed by atoms with Crippen LogP contribution in [0.25, 0.3) is 0 Å². The van der Waals surface area contributed by atoms with Crippen LogP contribution in [0.3, 0.4) is 0 Å². The molecule has 0 bridgehead atoms. The first-order valence-corrected chi connectivity index (χ1v) is 13.3. The highest BCUT2D eigenvalue weighted by atomic mass is 35.5. The molecule has 186 valence electrons. The maximum Gasteiger partial charge on any atom is 0.231 e. The van der Waals surface area contributed by atoms with Gasteiger partial charge in [-0.1, -0.05) is 48.0 Å². The van der Waals surface area contributed by atoms with Crippen molar-refractivity contribution in [2.45, 2.75) is 25.0 Å². The van der Waals surface area contributed by atoms with Crippen molar-refractivity contribution >= 4 is 27.3 Å². The van der Waals surface area contributed by atoms with Gasteiger partial charge in [0, 0.05) is 23.7 Å². The molecule has 0 aliphatic carbocycles. The standard InChI is InChI=1S/C25H27ClN2O6S/c1-35(31,32)28-22-11-17(7-8-23(22)30)9-18(29)14-27-21(10-16-5-3-2-4-6-16)19-12-24-25(13-20(19)26)34-15-33-24/h2-8,11-13,18,21,27-30H,9-10,14-15H2,1H3/t18-,21?/m0/s1. The summed E-state index contributed by atoms with van der Waals surface area (Å²) in [7, 11) is -3.55. The monoisotopic (exact) mass is 518 g/mol. The molecular formula is C25H27ClN2O6S. The number of hydrogen-bond acceptors (Lipinski definition) is 7. The van der Waals surface area contributed by atoms with E-state index in [0.29, 0.717) is 28.5 Å². The van der Waals surface area contributed by atoms with E-state index < -0.39 is 16.1 Å². The molecule has 4 N–H and O–H groups in total. The highest BCUT2D eigenvalue weighted by Gasteiger charge is 2.23. The summed E-state index contributed by atoms with van der Waals surface area (Å²) < 4.78 is 36.3. The number of benzene rings is 3. The van der Waals surface area contributed by atoms with Crippen molar-refractivity contribution in [1.82, 2.24) is 5.32 Å². The average Bonchev–Trinajstić information content (AvgIpc) is 3.25. The van der Waals surface area contributed by atoms with Gasteiger partial charge in [0.1, 0.15) is 5.75 Å². The van der Waals surface area contributed by atoms with Crippen molar-refractivity contribution in [2.75, 3.05) is 24.3 Å². The van der Waals surface area contributed by atoms with Gasteiger partial charge < -0.3 is 25.0 Å². The summed E-state index contributed by atoms with van der Waals surface area (Å²) in [5.41, 5.74) is 2.67. The molecular weight excluding hydrogens is 492 g/mol. The van der Waals surface area contributed by atoms with E-state index in [-0.39, 0.29) is 37.2 Å². The zero-order valence-electron chi connectivity index (χ0n) is 19.1. The fourth-order valence-electron chi connectivity index (χ4n) is 3.96. The number of halogens is 1. The van der Waals surface area contributed by atoms with Crippen molar-refractivity contribution in [3.05, 3.63) is 82.4 Å². The van der Waals surface area contributed by atoms with Crippen molar-refractivity contribution in [1.29, 1.82) is 0 Å².